The fourth-order valence-corrected chi connectivity index (χ4v) is 0.908. The first-order valence-corrected chi connectivity index (χ1v) is 4.62. The fraction of sp³-hybridized carbons (Fsp3) is 0.625. The lowest BCUT2D eigenvalue weighted by molar-refractivity contribution is -0.409. The third-order valence-corrected chi connectivity index (χ3v) is 1.87. The Hall–Kier alpha value is -1.67. The standard InChI is InChI=1S/C8H15N3O5/c9-4(3-12)7(14)11-5(8(15)16)1-2-6(10)13/h4-5,12H,1-3,9H2,(H2,10,13)(H,11,14)(H,15,16)/t4-,5-/m0/s1. The second-order valence-corrected chi connectivity index (χ2v) is 3.26. The van der Waals surface area contributed by atoms with Crippen LogP contribution in [0.25, 0.3) is 0 Å². The maximum Gasteiger partial charge on any atom is 0.281 e. The van der Waals surface area contributed by atoms with Gasteiger partial charge in [0.25, 0.3) is 5.91 Å². The molecule has 8 heteroatoms. The number of carbonyl (C=O) groups is 3. The summed E-state index contributed by atoms with van der Waals surface area (Å²) in [7, 11) is 0. The van der Waals surface area contributed by atoms with E-state index in [2.05, 4.69) is 11.1 Å². The van der Waals surface area contributed by atoms with Gasteiger partial charge in [0.2, 0.25) is 5.91 Å². The quantitative estimate of drug-likeness (QED) is 0.346. The summed E-state index contributed by atoms with van der Waals surface area (Å²) in [6, 6.07) is -2.27. The van der Waals surface area contributed by atoms with E-state index in [4.69, 9.17) is 10.8 Å². The van der Waals surface area contributed by atoms with Crippen LogP contribution in [0.15, 0.2) is 0 Å². The van der Waals surface area contributed by atoms with Gasteiger partial charge in [-0.25, -0.2) is 0 Å². The smallest absolute Gasteiger partial charge is 0.281 e. The van der Waals surface area contributed by atoms with Crippen molar-refractivity contribution in [3.63, 3.8) is 0 Å². The van der Waals surface area contributed by atoms with E-state index < -0.39 is 36.5 Å². The van der Waals surface area contributed by atoms with Crippen LogP contribution in [0.4, 0.5) is 0 Å². The number of aliphatic carboxylic acids is 1. The number of aliphatic hydroxyl groups excluding tert-OH is 1. The van der Waals surface area contributed by atoms with E-state index in [-0.39, 0.29) is 12.8 Å². The molecule has 0 saturated carbocycles. The van der Waals surface area contributed by atoms with Crippen molar-refractivity contribution in [1.29, 1.82) is 0 Å². The zero-order chi connectivity index (χ0) is 12.7. The molecule has 0 aliphatic rings. The molecular weight excluding hydrogens is 218 g/mol. The van der Waals surface area contributed by atoms with Crippen molar-refractivity contribution in [1.82, 2.24) is 5.32 Å². The molecule has 0 radical (unpaired) electrons. The minimum Gasteiger partial charge on any atom is -0.548 e. The fourth-order valence-electron chi connectivity index (χ4n) is 0.908. The monoisotopic (exact) mass is 233 g/mol. The number of carboxylic acids is 1. The van der Waals surface area contributed by atoms with Gasteiger partial charge in [0.1, 0.15) is 6.61 Å². The molecule has 7 N–H and O–H groups in total. The number of hydrogen-bond acceptors (Lipinski definition) is 5. The molecule has 0 fully saturated rings. The molecule has 2 atom stereocenters. The van der Waals surface area contributed by atoms with Crippen LogP contribution in [0.2, 0.25) is 0 Å². The summed E-state index contributed by atoms with van der Waals surface area (Å²) < 4.78 is 0. The van der Waals surface area contributed by atoms with Gasteiger partial charge in [-0.2, -0.15) is 0 Å². The van der Waals surface area contributed by atoms with Gasteiger partial charge in [0, 0.05) is 6.42 Å². The average molecular weight is 233 g/mol. The Morgan fingerprint density at radius 3 is 2.38 bits per heavy atom. The number of nitrogens with one attached hydrogen (secondary N) is 1. The Morgan fingerprint density at radius 1 is 1.44 bits per heavy atom. The Kier molecular flexibility index (Phi) is 6.04. The Labute approximate surface area is 91.6 Å². The van der Waals surface area contributed by atoms with E-state index >= 15 is 0 Å². The molecule has 0 saturated heterocycles. The van der Waals surface area contributed by atoms with Crippen molar-refractivity contribution < 1.29 is 30.3 Å². The number of nitrogens with two attached hydrogens (primary N) is 1. The molecule has 8 nitrogen and oxygen atoms in total. The average Bonchev–Trinajstić information content (AvgIpc) is 2.21. The summed E-state index contributed by atoms with van der Waals surface area (Å²) in [5.74, 6) is -2.91. The summed E-state index contributed by atoms with van der Waals surface area (Å²) in [5.41, 5.74) is 8.14. The Balaban J connectivity index is 4.28. The van der Waals surface area contributed by atoms with Crippen molar-refractivity contribution in [2.45, 2.75) is 24.9 Å². The highest BCUT2D eigenvalue weighted by Gasteiger charge is 2.20. The molecule has 0 aromatic heterocycles. The molecule has 0 heterocycles. The summed E-state index contributed by atoms with van der Waals surface area (Å²) in [6.45, 7) is -0.499. The van der Waals surface area contributed by atoms with Crippen molar-refractivity contribution >= 4 is 17.8 Å². The van der Waals surface area contributed by atoms with Gasteiger partial charge in [0.05, 0.1) is 12.0 Å². The van der Waals surface area contributed by atoms with Crippen molar-refractivity contribution in [3.8, 4) is 0 Å². The SMILES string of the molecule is NC(=O)CC[C@H](NC(=O)[C@@H]([NH3+])CO)C(=O)[O-]. The lowest BCUT2D eigenvalue weighted by atomic mass is 10.1. The molecule has 0 aliphatic carbocycles. The number of primary amides is 1. The van der Waals surface area contributed by atoms with Gasteiger partial charge in [-0.15, -0.1) is 0 Å². The number of amides is 2. The summed E-state index contributed by atoms with van der Waals surface area (Å²) >= 11 is 0. The largest absolute Gasteiger partial charge is 0.548 e. The highest BCUT2D eigenvalue weighted by atomic mass is 16.4. The lowest BCUT2D eigenvalue weighted by Gasteiger charge is -2.19. The third-order valence-electron chi connectivity index (χ3n) is 1.87. The first-order valence-electron chi connectivity index (χ1n) is 4.62. The first kappa shape index (κ1) is 14.3. The Morgan fingerprint density at radius 2 is 2.00 bits per heavy atom. The molecule has 0 rings (SSSR count). The molecule has 0 spiro atoms. The highest BCUT2D eigenvalue weighted by molar-refractivity contribution is 5.85. The van der Waals surface area contributed by atoms with Crippen LogP contribution in [0, 0.1) is 0 Å². The number of carboxylic acid groups (broad SMARTS) is 1. The number of quaternary nitrogens is 1. The molecule has 0 aromatic rings. The van der Waals surface area contributed by atoms with E-state index in [1.165, 1.54) is 0 Å². The van der Waals surface area contributed by atoms with Crippen molar-refractivity contribution in [2.24, 2.45) is 5.73 Å². The second-order valence-electron chi connectivity index (χ2n) is 3.26. The summed E-state index contributed by atoms with van der Waals surface area (Å²) in [6.07, 6.45) is -0.332. The highest BCUT2D eigenvalue weighted by Crippen LogP contribution is 1.96. The maximum absolute atomic E-state index is 11.2. The molecular formula is C8H15N3O5. The molecule has 0 bridgehead atoms. The van der Waals surface area contributed by atoms with Gasteiger partial charge in [0.15, 0.2) is 6.04 Å². The molecule has 16 heavy (non-hydrogen) atoms. The number of rotatable bonds is 7. The van der Waals surface area contributed by atoms with Crippen LogP contribution in [-0.4, -0.2) is 41.6 Å². The molecule has 92 valence electrons. The minimum absolute atomic E-state index is 0.151. The molecule has 2 amide bonds. The van der Waals surface area contributed by atoms with Crippen molar-refractivity contribution in [2.75, 3.05) is 6.61 Å². The van der Waals surface area contributed by atoms with E-state index in [1.54, 1.807) is 0 Å². The van der Waals surface area contributed by atoms with Crippen molar-refractivity contribution in [3.05, 3.63) is 0 Å². The Bertz CT molecular complexity index is 281. The predicted molar refractivity (Wildman–Crippen MR) is 49.1 cm³/mol. The van der Waals surface area contributed by atoms with Gasteiger partial charge >= 0.3 is 0 Å². The van der Waals surface area contributed by atoms with Gasteiger partial charge in [-0.3, -0.25) is 9.59 Å². The van der Waals surface area contributed by atoms with Crippen LogP contribution in [0.3, 0.4) is 0 Å². The second kappa shape index (κ2) is 6.75. The number of hydrogen-bond donors (Lipinski definition) is 4. The van der Waals surface area contributed by atoms with Gasteiger partial charge in [-0.05, 0) is 6.42 Å². The molecule has 0 aliphatic heterocycles. The van der Waals surface area contributed by atoms with Gasteiger partial charge in [-0.1, -0.05) is 0 Å². The lowest BCUT2D eigenvalue weighted by Crippen LogP contribution is -2.70. The van der Waals surface area contributed by atoms with Crippen LogP contribution < -0.4 is 21.9 Å². The van der Waals surface area contributed by atoms with E-state index in [0.717, 1.165) is 0 Å². The van der Waals surface area contributed by atoms with Gasteiger partial charge < -0.3 is 31.8 Å². The summed E-state index contributed by atoms with van der Waals surface area (Å²) in [5, 5.41) is 21.3. The number of aliphatic hydroxyl groups is 1. The normalized spacial score (nSPS) is 13.9. The zero-order valence-corrected chi connectivity index (χ0v) is 8.64. The third kappa shape index (κ3) is 5.27. The zero-order valence-electron chi connectivity index (χ0n) is 8.64. The van der Waals surface area contributed by atoms with E-state index in [9.17, 15) is 19.5 Å². The topological polar surface area (TPSA) is 160 Å². The predicted octanol–water partition coefficient (Wildman–Crippen LogP) is -4.91. The molecule has 0 aromatic carbocycles. The van der Waals surface area contributed by atoms with Crippen LogP contribution in [0.5, 0.6) is 0 Å². The van der Waals surface area contributed by atoms with Crippen LogP contribution >= 0.6 is 0 Å². The first-order chi connectivity index (χ1) is 7.38. The van der Waals surface area contributed by atoms with Crippen LogP contribution in [0.1, 0.15) is 12.8 Å². The van der Waals surface area contributed by atoms with E-state index in [1.807, 2.05) is 0 Å². The maximum atomic E-state index is 11.2. The minimum atomic E-state index is -1.51. The molecule has 0 unspecified atom stereocenters. The van der Waals surface area contributed by atoms with Crippen LogP contribution in [-0.2, 0) is 14.4 Å². The van der Waals surface area contributed by atoms with E-state index in [0.29, 0.717) is 0 Å². The number of carbonyl (C=O) groups excluding carboxylic acids is 3. The summed E-state index contributed by atoms with van der Waals surface area (Å²) in [4.78, 5) is 32.2.